The number of hydrogen-bond acceptors (Lipinski definition) is 1. The van der Waals surface area contributed by atoms with Crippen LogP contribution in [-0.2, 0) is 0 Å². The molecule has 120 valence electrons. The van der Waals surface area contributed by atoms with Crippen molar-refractivity contribution in [2.24, 2.45) is 17.3 Å². The van der Waals surface area contributed by atoms with E-state index in [2.05, 4.69) is 39.9 Å². The third kappa shape index (κ3) is 5.39. The zero-order chi connectivity index (χ0) is 15.0. The number of rotatable bonds is 10. The molecule has 0 bridgehead atoms. The largest absolute Gasteiger partial charge is 0.314 e. The van der Waals surface area contributed by atoms with Crippen LogP contribution in [-0.4, -0.2) is 12.6 Å². The molecule has 20 heavy (non-hydrogen) atoms. The zero-order valence-electron chi connectivity index (χ0n) is 14.8. The molecule has 3 unspecified atom stereocenters. The quantitative estimate of drug-likeness (QED) is 0.534. The van der Waals surface area contributed by atoms with Crippen molar-refractivity contribution in [2.45, 2.75) is 98.4 Å². The van der Waals surface area contributed by atoms with Crippen LogP contribution >= 0.6 is 0 Å². The van der Waals surface area contributed by atoms with E-state index in [0.29, 0.717) is 5.41 Å². The van der Waals surface area contributed by atoms with Gasteiger partial charge in [0.25, 0.3) is 0 Å². The molecule has 0 aromatic heterocycles. The Morgan fingerprint density at radius 3 is 2.40 bits per heavy atom. The molecule has 0 heterocycles. The SMILES string of the molecule is CCCCC(CC)CC(NCCC)C1CCCC1(C)C. The van der Waals surface area contributed by atoms with Gasteiger partial charge < -0.3 is 5.32 Å². The molecule has 1 heteroatoms. The van der Waals surface area contributed by atoms with E-state index in [1.165, 1.54) is 64.3 Å². The van der Waals surface area contributed by atoms with Crippen LogP contribution in [0.5, 0.6) is 0 Å². The predicted molar refractivity (Wildman–Crippen MR) is 91.1 cm³/mol. The van der Waals surface area contributed by atoms with Crippen molar-refractivity contribution in [1.82, 2.24) is 5.32 Å². The Hall–Kier alpha value is -0.0400. The van der Waals surface area contributed by atoms with Gasteiger partial charge in [-0.2, -0.15) is 0 Å². The Morgan fingerprint density at radius 1 is 1.15 bits per heavy atom. The van der Waals surface area contributed by atoms with Crippen molar-refractivity contribution >= 4 is 0 Å². The van der Waals surface area contributed by atoms with Crippen molar-refractivity contribution in [3.8, 4) is 0 Å². The molecule has 3 atom stereocenters. The molecule has 0 spiro atoms. The summed E-state index contributed by atoms with van der Waals surface area (Å²) in [5.41, 5.74) is 0.550. The monoisotopic (exact) mass is 281 g/mol. The van der Waals surface area contributed by atoms with Crippen LogP contribution in [0.4, 0.5) is 0 Å². The van der Waals surface area contributed by atoms with E-state index in [1.807, 2.05) is 0 Å². The van der Waals surface area contributed by atoms with Crippen LogP contribution < -0.4 is 5.32 Å². The van der Waals surface area contributed by atoms with Crippen LogP contribution in [0.1, 0.15) is 92.4 Å². The first kappa shape index (κ1) is 18.0. The van der Waals surface area contributed by atoms with E-state index >= 15 is 0 Å². The molecule has 0 amide bonds. The molecular weight excluding hydrogens is 242 g/mol. The zero-order valence-corrected chi connectivity index (χ0v) is 14.8. The first-order valence-electron chi connectivity index (χ1n) is 9.28. The summed E-state index contributed by atoms with van der Waals surface area (Å²) < 4.78 is 0. The van der Waals surface area contributed by atoms with Crippen LogP contribution in [0.25, 0.3) is 0 Å². The van der Waals surface area contributed by atoms with E-state index in [-0.39, 0.29) is 0 Å². The molecule has 0 aliphatic heterocycles. The second-order valence-corrected chi connectivity index (χ2v) is 7.70. The summed E-state index contributed by atoms with van der Waals surface area (Å²) in [5.74, 6) is 1.82. The number of unbranched alkanes of at least 4 members (excludes halogenated alkanes) is 1. The summed E-state index contributed by atoms with van der Waals surface area (Å²) in [6.07, 6.45) is 12.5. The molecule has 1 N–H and O–H groups in total. The lowest BCUT2D eigenvalue weighted by Crippen LogP contribution is -2.42. The molecule has 1 aliphatic rings. The lowest BCUT2D eigenvalue weighted by atomic mass is 9.74. The van der Waals surface area contributed by atoms with Crippen LogP contribution in [0.15, 0.2) is 0 Å². The fourth-order valence-electron chi connectivity index (χ4n) is 4.16. The fraction of sp³-hybridized carbons (Fsp3) is 1.00. The van der Waals surface area contributed by atoms with Gasteiger partial charge in [-0.1, -0.05) is 66.7 Å². The van der Waals surface area contributed by atoms with Crippen molar-refractivity contribution < 1.29 is 0 Å². The Balaban J connectivity index is 2.62. The second kappa shape index (κ2) is 9.07. The molecule has 1 nitrogen and oxygen atoms in total. The van der Waals surface area contributed by atoms with E-state index < -0.39 is 0 Å². The lowest BCUT2D eigenvalue weighted by Gasteiger charge is -2.36. The summed E-state index contributed by atoms with van der Waals surface area (Å²) in [6, 6.07) is 0.759. The van der Waals surface area contributed by atoms with Gasteiger partial charge in [-0.25, -0.2) is 0 Å². The Kier molecular flexibility index (Phi) is 8.17. The van der Waals surface area contributed by atoms with Gasteiger partial charge >= 0.3 is 0 Å². The van der Waals surface area contributed by atoms with Crippen LogP contribution in [0.3, 0.4) is 0 Å². The first-order chi connectivity index (χ1) is 9.55. The molecule has 0 radical (unpaired) electrons. The Morgan fingerprint density at radius 2 is 1.90 bits per heavy atom. The second-order valence-electron chi connectivity index (χ2n) is 7.70. The highest BCUT2D eigenvalue weighted by atomic mass is 14.9. The highest BCUT2D eigenvalue weighted by Gasteiger charge is 2.39. The van der Waals surface area contributed by atoms with Gasteiger partial charge in [0.2, 0.25) is 0 Å². The molecule has 0 aromatic carbocycles. The van der Waals surface area contributed by atoms with Gasteiger partial charge in [0.15, 0.2) is 0 Å². The van der Waals surface area contributed by atoms with Crippen LogP contribution in [0.2, 0.25) is 0 Å². The van der Waals surface area contributed by atoms with E-state index in [4.69, 9.17) is 0 Å². The third-order valence-corrected chi connectivity index (χ3v) is 5.61. The molecule has 1 fully saturated rings. The summed E-state index contributed by atoms with van der Waals surface area (Å²) in [4.78, 5) is 0. The Labute approximate surface area is 128 Å². The van der Waals surface area contributed by atoms with Gasteiger partial charge in [0, 0.05) is 6.04 Å². The molecular formula is C19H39N. The summed E-state index contributed by atoms with van der Waals surface area (Å²) in [5, 5.41) is 3.91. The molecule has 0 saturated heterocycles. The van der Waals surface area contributed by atoms with Gasteiger partial charge in [0.1, 0.15) is 0 Å². The first-order valence-corrected chi connectivity index (χ1v) is 9.28. The highest BCUT2D eigenvalue weighted by Crippen LogP contribution is 2.45. The van der Waals surface area contributed by atoms with Crippen LogP contribution in [0, 0.1) is 17.3 Å². The normalized spacial score (nSPS) is 24.8. The van der Waals surface area contributed by atoms with Crippen molar-refractivity contribution in [3.05, 3.63) is 0 Å². The van der Waals surface area contributed by atoms with E-state index in [1.54, 1.807) is 0 Å². The maximum Gasteiger partial charge on any atom is 0.0103 e. The molecule has 0 aromatic rings. The summed E-state index contributed by atoms with van der Waals surface area (Å²) in [6.45, 7) is 13.2. The van der Waals surface area contributed by atoms with Crippen molar-refractivity contribution in [2.75, 3.05) is 6.54 Å². The average molecular weight is 282 g/mol. The summed E-state index contributed by atoms with van der Waals surface area (Å²) >= 11 is 0. The van der Waals surface area contributed by atoms with Gasteiger partial charge in [-0.3, -0.25) is 0 Å². The topological polar surface area (TPSA) is 12.0 Å². The lowest BCUT2D eigenvalue weighted by molar-refractivity contribution is 0.171. The maximum absolute atomic E-state index is 3.91. The minimum absolute atomic E-state index is 0.550. The molecule has 1 aliphatic carbocycles. The minimum atomic E-state index is 0.550. The fourth-order valence-corrected chi connectivity index (χ4v) is 4.16. The number of hydrogen-bond donors (Lipinski definition) is 1. The molecule has 1 rings (SSSR count). The summed E-state index contributed by atoms with van der Waals surface area (Å²) in [7, 11) is 0. The van der Waals surface area contributed by atoms with Gasteiger partial charge in [-0.05, 0) is 49.5 Å². The van der Waals surface area contributed by atoms with E-state index in [0.717, 1.165) is 17.9 Å². The number of nitrogens with one attached hydrogen (secondary N) is 1. The smallest absolute Gasteiger partial charge is 0.0103 e. The van der Waals surface area contributed by atoms with Gasteiger partial charge in [-0.15, -0.1) is 0 Å². The highest BCUT2D eigenvalue weighted by molar-refractivity contribution is 4.93. The standard InChI is InChI=1S/C19H39N/c1-6-9-11-16(8-3)15-18(20-14-7-2)17-12-10-13-19(17,4)5/h16-18,20H,6-15H2,1-5H3. The average Bonchev–Trinajstić information content (AvgIpc) is 2.78. The Bertz CT molecular complexity index is 246. The minimum Gasteiger partial charge on any atom is -0.314 e. The van der Waals surface area contributed by atoms with E-state index in [9.17, 15) is 0 Å². The third-order valence-electron chi connectivity index (χ3n) is 5.61. The van der Waals surface area contributed by atoms with Gasteiger partial charge in [0.05, 0.1) is 0 Å². The maximum atomic E-state index is 3.91. The molecule has 1 saturated carbocycles. The van der Waals surface area contributed by atoms with Crippen molar-refractivity contribution in [1.29, 1.82) is 0 Å². The predicted octanol–water partition coefficient (Wildman–Crippen LogP) is 5.79. The van der Waals surface area contributed by atoms with Crippen molar-refractivity contribution in [3.63, 3.8) is 0 Å².